The average molecular weight is 336 g/mol. The summed E-state index contributed by atoms with van der Waals surface area (Å²) in [6.45, 7) is 14.1. The van der Waals surface area contributed by atoms with Crippen molar-refractivity contribution in [2.75, 3.05) is 59.7 Å². The maximum Gasteiger partial charge on any atom is 0.225 e. The second-order valence-electron chi connectivity index (χ2n) is 6.25. The molecule has 0 aromatic heterocycles. The van der Waals surface area contributed by atoms with Gasteiger partial charge in [-0.05, 0) is 7.05 Å². The smallest absolute Gasteiger partial charge is 0.225 e. The normalized spacial score (nSPS) is 15.0. The molecule has 1 heterocycles. The van der Waals surface area contributed by atoms with E-state index in [1.807, 2.05) is 7.05 Å². The predicted octanol–water partition coefficient (Wildman–Crippen LogP) is 1.60. The van der Waals surface area contributed by atoms with E-state index >= 15 is 0 Å². The fourth-order valence-electron chi connectivity index (χ4n) is 2.00. The van der Waals surface area contributed by atoms with E-state index in [4.69, 9.17) is 9.47 Å². The molecule has 1 aliphatic heterocycles. The summed E-state index contributed by atoms with van der Waals surface area (Å²) in [6.07, 6.45) is 1.25. The lowest BCUT2D eigenvalue weighted by Gasteiger charge is -2.34. The molecule has 1 rings (SSSR count). The van der Waals surface area contributed by atoms with Crippen LogP contribution in [0.4, 0.5) is 0 Å². The van der Waals surface area contributed by atoms with Gasteiger partial charge in [0.25, 0.3) is 0 Å². The van der Waals surface area contributed by atoms with Gasteiger partial charge in [-0.25, -0.2) is 0 Å². The lowest BCUT2D eigenvalue weighted by Crippen LogP contribution is -2.52. The standard InChI is InChI=1S/C14H29N3O3.C3H8.2H2/c1-12(2)15-4-6-19-8-9-20-7-5-16-14(18)13-10-17(3)11-13;1-3-2;;/h12-13,15H,4-11H2,1-3H3,(H,16,18);3H2,1-2H3;2*1H. The minimum absolute atomic E-state index is 0. The molecule has 0 aliphatic carbocycles. The number of likely N-dealkylation sites (tertiary alicyclic amines) is 1. The molecule has 1 amide bonds. The van der Waals surface area contributed by atoms with Crippen LogP contribution in [0, 0.1) is 5.92 Å². The highest BCUT2D eigenvalue weighted by Crippen LogP contribution is 2.11. The number of amides is 1. The number of ether oxygens (including phenoxy) is 2. The van der Waals surface area contributed by atoms with Gasteiger partial charge in [-0.1, -0.05) is 34.1 Å². The highest BCUT2D eigenvalue weighted by molar-refractivity contribution is 5.79. The van der Waals surface area contributed by atoms with Crippen LogP contribution in [-0.2, 0) is 14.3 Å². The van der Waals surface area contributed by atoms with E-state index in [0.717, 1.165) is 19.6 Å². The van der Waals surface area contributed by atoms with Crippen molar-refractivity contribution in [1.82, 2.24) is 15.5 Å². The molecule has 0 atom stereocenters. The van der Waals surface area contributed by atoms with Crippen molar-refractivity contribution in [2.45, 2.75) is 40.2 Å². The first kappa shape index (κ1) is 22.3. The third kappa shape index (κ3) is 13.4. The minimum atomic E-state index is 0. The van der Waals surface area contributed by atoms with Crippen molar-refractivity contribution in [3.8, 4) is 0 Å². The van der Waals surface area contributed by atoms with E-state index in [-0.39, 0.29) is 14.7 Å². The molecule has 142 valence electrons. The molecule has 1 aliphatic rings. The van der Waals surface area contributed by atoms with E-state index in [1.54, 1.807) is 0 Å². The first-order valence-corrected chi connectivity index (χ1v) is 8.86. The van der Waals surface area contributed by atoms with Crippen molar-refractivity contribution in [1.29, 1.82) is 0 Å². The van der Waals surface area contributed by atoms with Crippen LogP contribution in [0.1, 0.15) is 37.0 Å². The summed E-state index contributed by atoms with van der Waals surface area (Å²) in [4.78, 5) is 13.7. The zero-order valence-electron chi connectivity index (χ0n) is 15.7. The molecule has 0 radical (unpaired) electrons. The van der Waals surface area contributed by atoms with E-state index in [1.165, 1.54) is 6.42 Å². The Hall–Kier alpha value is -0.690. The molecule has 2 N–H and O–H groups in total. The number of nitrogens with zero attached hydrogens (tertiary/aromatic N) is 1. The molecule has 0 saturated carbocycles. The third-order valence-electron chi connectivity index (χ3n) is 3.15. The van der Waals surface area contributed by atoms with E-state index in [0.29, 0.717) is 39.0 Å². The summed E-state index contributed by atoms with van der Waals surface area (Å²) in [5, 5.41) is 6.16. The fourth-order valence-corrected chi connectivity index (χ4v) is 2.00. The Bertz CT molecular complexity index is 292. The summed E-state index contributed by atoms with van der Waals surface area (Å²) in [7, 11) is 2.02. The monoisotopic (exact) mass is 335 g/mol. The molecular weight excluding hydrogens is 294 g/mol. The molecule has 0 aromatic rings. The second-order valence-corrected chi connectivity index (χ2v) is 6.25. The van der Waals surface area contributed by atoms with Crippen LogP contribution < -0.4 is 10.6 Å². The molecule has 0 aromatic carbocycles. The Morgan fingerprint density at radius 3 is 2.13 bits per heavy atom. The van der Waals surface area contributed by atoms with Gasteiger partial charge in [0.2, 0.25) is 5.91 Å². The summed E-state index contributed by atoms with van der Waals surface area (Å²) < 4.78 is 10.8. The maximum atomic E-state index is 11.6. The van der Waals surface area contributed by atoms with Crippen molar-refractivity contribution >= 4 is 5.91 Å². The Balaban J connectivity index is -0.000000900. The lowest BCUT2D eigenvalue weighted by molar-refractivity contribution is -0.129. The van der Waals surface area contributed by atoms with Gasteiger partial charge in [0.1, 0.15) is 0 Å². The third-order valence-corrected chi connectivity index (χ3v) is 3.15. The Kier molecular flexibility index (Phi) is 14.4. The number of rotatable bonds is 11. The summed E-state index contributed by atoms with van der Waals surface area (Å²) in [5.74, 6) is 0.305. The molecule has 23 heavy (non-hydrogen) atoms. The number of hydrogen-bond donors (Lipinski definition) is 2. The van der Waals surface area contributed by atoms with E-state index in [9.17, 15) is 4.79 Å². The average Bonchev–Trinajstić information content (AvgIpc) is 2.46. The van der Waals surface area contributed by atoms with Crippen molar-refractivity contribution in [3.05, 3.63) is 0 Å². The number of carbonyl (C=O) groups is 1. The first-order chi connectivity index (χ1) is 11.0. The Morgan fingerprint density at radius 2 is 1.65 bits per heavy atom. The second kappa shape index (κ2) is 14.9. The van der Waals surface area contributed by atoms with E-state index < -0.39 is 0 Å². The molecule has 6 heteroatoms. The van der Waals surface area contributed by atoms with Crippen LogP contribution in [0.25, 0.3) is 0 Å². The zero-order valence-corrected chi connectivity index (χ0v) is 15.7. The zero-order chi connectivity index (χ0) is 17.5. The van der Waals surface area contributed by atoms with Crippen molar-refractivity contribution in [3.63, 3.8) is 0 Å². The first-order valence-electron chi connectivity index (χ1n) is 8.86. The molecular formula is C17H41N3O3. The number of carbonyl (C=O) groups excluding carboxylic acids is 1. The quantitative estimate of drug-likeness (QED) is 0.562. The molecule has 1 fully saturated rings. The van der Waals surface area contributed by atoms with Gasteiger partial charge >= 0.3 is 0 Å². The predicted molar refractivity (Wildman–Crippen MR) is 99.0 cm³/mol. The molecule has 0 spiro atoms. The Labute approximate surface area is 145 Å². The number of hydrogen-bond acceptors (Lipinski definition) is 5. The maximum absolute atomic E-state index is 11.6. The van der Waals surface area contributed by atoms with Gasteiger partial charge in [0, 0.05) is 35.1 Å². The van der Waals surface area contributed by atoms with Crippen LogP contribution in [0.3, 0.4) is 0 Å². The SMILES string of the molecule is CC(C)NCCOCCOCCNC(=O)C1CN(C)C1.CCC.[HH].[HH]. The van der Waals surface area contributed by atoms with Crippen LogP contribution in [0.15, 0.2) is 0 Å². The van der Waals surface area contributed by atoms with Crippen LogP contribution in [0.5, 0.6) is 0 Å². The summed E-state index contributed by atoms with van der Waals surface area (Å²) in [5.41, 5.74) is 0. The van der Waals surface area contributed by atoms with E-state index in [2.05, 4.69) is 43.2 Å². The fraction of sp³-hybridized carbons (Fsp3) is 0.941. The van der Waals surface area contributed by atoms with Gasteiger partial charge in [-0.15, -0.1) is 0 Å². The van der Waals surface area contributed by atoms with Crippen LogP contribution >= 0.6 is 0 Å². The Morgan fingerprint density at radius 1 is 1.13 bits per heavy atom. The highest BCUT2D eigenvalue weighted by atomic mass is 16.5. The van der Waals surface area contributed by atoms with Gasteiger partial charge in [-0.3, -0.25) is 4.79 Å². The lowest BCUT2D eigenvalue weighted by atomic mass is 10.0. The van der Waals surface area contributed by atoms with Gasteiger partial charge < -0.3 is 25.0 Å². The largest absolute Gasteiger partial charge is 0.378 e. The highest BCUT2D eigenvalue weighted by Gasteiger charge is 2.29. The summed E-state index contributed by atoms with van der Waals surface area (Å²) in [6, 6.07) is 0.494. The molecule has 0 bridgehead atoms. The van der Waals surface area contributed by atoms with Crippen LogP contribution in [0.2, 0.25) is 0 Å². The molecule has 6 nitrogen and oxygen atoms in total. The number of nitrogens with one attached hydrogen (secondary N) is 2. The van der Waals surface area contributed by atoms with Gasteiger partial charge in [0.15, 0.2) is 0 Å². The summed E-state index contributed by atoms with van der Waals surface area (Å²) >= 11 is 0. The minimum Gasteiger partial charge on any atom is -0.378 e. The van der Waals surface area contributed by atoms with Crippen molar-refractivity contribution in [2.24, 2.45) is 5.92 Å². The molecule has 0 unspecified atom stereocenters. The molecule has 1 saturated heterocycles. The topological polar surface area (TPSA) is 62.8 Å². The van der Waals surface area contributed by atoms with Gasteiger partial charge in [0.05, 0.1) is 32.3 Å². The van der Waals surface area contributed by atoms with Crippen LogP contribution in [-0.4, -0.2) is 76.5 Å². The van der Waals surface area contributed by atoms with Gasteiger partial charge in [-0.2, -0.15) is 0 Å². The van der Waals surface area contributed by atoms with Crippen molar-refractivity contribution < 1.29 is 17.1 Å².